The molecule has 1 saturated heterocycles. The van der Waals surface area contributed by atoms with Gasteiger partial charge in [-0.05, 0) is 140 Å². The summed E-state index contributed by atoms with van der Waals surface area (Å²) < 4.78 is 77.9. The third kappa shape index (κ3) is 9.21. The number of alkyl halides is 3. The monoisotopic (exact) mass is 1030 g/mol. The molecular formula is C64H69F3N2O7. The van der Waals surface area contributed by atoms with Crippen molar-refractivity contribution >= 4 is 34.2 Å². The van der Waals surface area contributed by atoms with Crippen LogP contribution in [0.1, 0.15) is 112 Å². The molecule has 0 spiro atoms. The molecule has 9 nitrogen and oxygen atoms in total. The molecular weight excluding hydrogens is 966 g/mol. The van der Waals surface area contributed by atoms with E-state index in [9.17, 15) is 9.90 Å². The second-order valence-electron chi connectivity index (χ2n) is 21.7. The van der Waals surface area contributed by atoms with E-state index in [1.165, 1.54) is 63.5 Å². The number of fused-ring (bicyclic) bond motifs is 8. The van der Waals surface area contributed by atoms with Gasteiger partial charge < -0.3 is 38.6 Å². The first-order valence-corrected chi connectivity index (χ1v) is 27.5. The second-order valence-corrected chi connectivity index (χ2v) is 21.7. The number of halogens is 3. The number of anilines is 2. The zero-order chi connectivity index (χ0) is 52.8. The third-order valence-corrected chi connectivity index (χ3v) is 17.7. The number of hydrogen-bond acceptors (Lipinski definition) is 9. The van der Waals surface area contributed by atoms with Crippen LogP contribution in [-0.4, -0.2) is 64.8 Å². The van der Waals surface area contributed by atoms with Gasteiger partial charge in [0, 0.05) is 65.1 Å². The lowest BCUT2D eigenvalue weighted by molar-refractivity contribution is -0.246. The predicted octanol–water partition coefficient (Wildman–Crippen LogP) is 14.4. The summed E-state index contributed by atoms with van der Waals surface area (Å²) in [5, 5.41) is 13.4. The molecule has 76 heavy (non-hydrogen) atoms. The Morgan fingerprint density at radius 3 is 1.88 bits per heavy atom. The summed E-state index contributed by atoms with van der Waals surface area (Å²) in [4.78, 5) is 17.9. The fourth-order valence-corrected chi connectivity index (χ4v) is 13.4. The van der Waals surface area contributed by atoms with E-state index in [0.29, 0.717) is 87.9 Å². The van der Waals surface area contributed by atoms with Crippen molar-refractivity contribution in [1.82, 2.24) is 0 Å². The normalized spacial score (nSPS) is 22.8. The zero-order valence-corrected chi connectivity index (χ0v) is 44.1. The van der Waals surface area contributed by atoms with Crippen molar-refractivity contribution in [1.29, 1.82) is 0 Å². The van der Waals surface area contributed by atoms with E-state index >= 15 is 13.2 Å². The molecule has 6 aromatic carbocycles. The summed E-state index contributed by atoms with van der Waals surface area (Å²) in [6.07, 6.45) is 13.2. The Morgan fingerprint density at radius 1 is 0.697 bits per heavy atom. The van der Waals surface area contributed by atoms with Crippen LogP contribution >= 0.6 is 0 Å². The molecule has 3 fully saturated rings. The Labute approximate surface area is 444 Å². The minimum atomic E-state index is -5.10. The number of esters is 1. The average Bonchev–Trinajstić information content (AvgIpc) is 3.86. The van der Waals surface area contributed by atoms with Gasteiger partial charge in [-0.15, -0.1) is 0 Å². The van der Waals surface area contributed by atoms with Gasteiger partial charge in [0.2, 0.25) is 5.60 Å². The van der Waals surface area contributed by atoms with E-state index in [2.05, 4.69) is 16.7 Å². The Morgan fingerprint density at radius 2 is 1.29 bits per heavy atom. The fraction of sp³-hybridized carbons (Fsp3) is 0.422. The van der Waals surface area contributed by atoms with Crippen LogP contribution in [0.5, 0.6) is 28.7 Å². The maximum atomic E-state index is 15.8. The highest BCUT2D eigenvalue weighted by Gasteiger charge is 2.63. The number of carbonyl (C=O) groups excluding carboxylic acids is 1. The van der Waals surface area contributed by atoms with Crippen molar-refractivity contribution in [2.75, 3.05) is 57.3 Å². The number of hydrogen-bond donors (Lipinski definition) is 1. The van der Waals surface area contributed by atoms with E-state index in [1.54, 1.807) is 45.6 Å². The van der Waals surface area contributed by atoms with Crippen LogP contribution in [0, 0.1) is 23.7 Å². The fourth-order valence-electron chi connectivity index (χ4n) is 13.4. The van der Waals surface area contributed by atoms with E-state index in [-0.39, 0.29) is 34.3 Å². The van der Waals surface area contributed by atoms with Crippen LogP contribution < -0.4 is 33.5 Å². The minimum absolute atomic E-state index is 0.0600. The lowest BCUT2D eigenvalue weighted by Crippen LogP contribution is -2.46. The van der Waals surface area contributed by atoms with Crippen molar-refractivity contribution in [2.45, 2.75) is 101 Å². The quantitative estimate of drug-likeness (QED) is 0.0651. The zero-order valence-electron chi connectivity index (χ0n) is 44.1. The van der Waals surface area contributed by atoms with Crippen molar-refractivity contribution in [3.05, 3.63) is 143 Å². The molecule has 5 aliphatic rings. The first kappa shape index (κ1) is 51.4. The molecule has 12 heteroatoms. The minimum Gasteiger partial charge on any atom is -0.497 e. The van der Waals surface area contributed by atoms with Gasteiger partial charge in [-0.2, -0.15) is 13.2 Å². The van der Waals surface area contributed by atoms with Gasteiger partial charge >= 0.3 is 12.1 Å². The Kier molecular flexibility index (Phi) is 14.2. The summed E-state index contributed by atoms with van der Waals surface area (Å²) >= 11 is 0. The summed E-state index contributed by atoms with van der Waals surface area (Å²) in [5.41, 5.74) is -1.37. The van der Waals surface area contributed by atoms with Crippen molar-refractivity contribution in [2.24, 2.45) is 23.7 Å². The largest absolute Gasteiger partial charge is 0.497 e. The molecule has 6 aromatic rings. The van der Waals surface area contributed by atoms with Crippen LogP contribution in [0.15, 0.2) is 115 Å². The van der Waals surface area contributed by atoms with Gasteiger partial charge in [0.15, 0.2) is 5.60 Å². The maximum absolute atomic E-state index is 15.8. The molecule has 0 bridgehead atoms. The first-order valence-electron chi connectivity index (χ1n) is 27.5. The van der Waals surface area contributed by atoms with E-state index in [0.717, 1.165) is 49.1 Å². The van der Waals surface area contributed by atoms with Gasteiger partial charge in [0.05, 0.1) is 32.9 Å². The number of ether oxygens (including phenoxy) is 5. The van der Waals surface area contributed by atoms with Crippen LogP contribution in [0.25, 0.3) is 28.0 Å². The molecule has 11 rings (SSSR count). The number of piperazine rings is 1. The predicted molar refractivity (Wildman–Crippen MR) is 293 cm³/mol. The number of aliphatic hydroxyl groups is 1. The van der Waals surface area contributed by atoms with Gasteiger partial charge in [0.25, 0.3) is 0 Å². The summed E-state index contributed by atoms with van der Waals surface area (Å²) in [7, 11) is 4.76. The van der Waals surface area contributed by atoms with Crippen LogP contribution in [0.4, 0.5) is 24.5 Å². The maximum Gasteiger partial charge on any atom is 0.425 e. The number of unbranched alkanes of at least 4 members (excludes halogenated alkanes) is 2. The van der Waals surface area contributed by atoms with Crippen molar-refractivity contribution in [3.8, 4) is 39.9 Å². The van der Waals surface area contributed by atoms with E-state index in [4.69, 9.17) is 23.7 Å². The van der Waals surface area contributed by atoms with E-state index < -0.39 is 17.4 Å². The summed E-state index contributed by atoms with van der Waals surface area (Å²) in [5.74, 6) is 4.77. The molecule has 3 aliphatic carbocycles. The number of methoxy groups -OCH3 is 3. The molecule has 0 amide bonds. The van der Waals surface area contributed by atoms with E-state index in [1.807, 2.05) is 84.9 Å². The highest BCUT2D eigenvalue weighted by Crippen LogP contribution is 2.62. The number of carbonyl (C=O) groups is 1. The third-order valence-electron chi connectivity index (χ3n) is 17.7. The van der Waals surface area contributed by atoms with Gasteiger partial charge in [0.1, 0.15) is 28.7 Å². The molecule has 0 radical (unpaired) electrons. The molecule has 1 unspecified atom stereocenters. The van der Waals surface area contributed by atoms with Crippen molar-refractivity contribution < 1.29 is 46.8 Å². The van der Waals surface area contributed by atoms with Gasteiger partial charge in [-0.1, -0.05) is 100 Å². The molecule has 1 N–H and O–H groups in total. The number of benzene rings is 6. The SMILES string of the molecule is CCCCCC1CCC(C2CCC(C(=O)Oc3ccc(N4CCN(c5cc6c7c(c8c(c6cc5OC)OC(c5ccc(OC)cc5)(c5ccc(OC)cc5)C=C8)C(O)(C(F)(F)F)c5ccccc5-7)CC4)cc3)CC2)CC1. The van der Waals surface area contributed by atoms with Crippen LogP contribution in [0.3, 0.4) is 0 Å². The summed E-state index contributed by atoms with van der Waals surface area (Å²) in [6, 6.07) is 32.6. The van der Waals surface area contributed by atoms with Gasteiger partial charge in [-0.3, -0.25) is 4.79 Å². The number of rotatable bonds is 14. The second kappa shape index (κ2) is 21.0. The Hall–Kier alpha value is -6.66. The molecule has 398 valence electrons. The highest BCUT2D eigenvalue weighted by atomic mass is 19.4. The standard InChI is InChI=1S/C64H69F3N2O7/c1-5-6-7-10-41-13-15-42(16-14-41)43-17-19-44(20-18-43)61(70)75-50-31-25-47(26-32-50)68-35-37-69(38-36-68)56-39-53-54(40-57(56)74-4)60-52(59-58(53)51-11-8-9-12-55(51)63(59,71)64(65,66)67)33-34-62(76-60,45-21-27-48(72-2)28-22-45)46-23-29-49(73-3)30-24-46/h8-9,11-12,21-34,39-44,71H,5-7,10,13-20,35-38H2,1-4H3. The molecule has 2 heterocycles. The molecule has 2 aliphatic heterocycles. The summed E-state index contributed by atoms with van der Waals surface area (Å²) in [6.45, 7) is 4.72. The van der Waals surface area contributed by atoms with Crippen LogP contribution in [0.2, 0.25) is 0 Å². The first-order chi connectivity index (χ1) is 36.9. The topological polar surface area (TPSA) is 89.9 Å². The lowest BCUT2D eigenvalue weighted by Gasteiger charge is -2.39. The van der Waals surface area contributed by atoms with Crippen molar-refractivity contribution in [3.63, 3.8) is 0 Å². The smallest absolute Gasteiger partial charge is 0.425 e. The van der Waals surface area contributed by atoms with Crippen LogP contribution in [-0.2, 0) is 16.0 Å². The highest BCUT2D eigenvalue weighted by molar-refractivity contribution is 6.10. The lowest BCUT2D eigenvalue weighted by atomic mass is 9.68. The number of nitrogens with zero attached hydrogens (tertiary/aromatic N) is 2. The Balaban J connectivity index is 0.853. The molecule has 0 aromatic heterocycles. The average molecular weight is 1040 g/mol. The Bertz CT molecular complexity index is 3030. The molecule has 2 saturated carbocycles. The molecule has 1 atom stereocenters. The van der Waals surface area contributed by atoms with Gasteiger partial charge in [-0.25, -0.2) is 0 Å².